The molecule has 2 heterocycles. The molecule has 1 fully saturated rings. The van der Waals surface area contributed by atoms with Gasteiger partial charge in [-0.2, -0.15) is 0 Å². The number of halogens is 2. The molecule has 0 radical (unpaired) electrons. The maximum atomic E-state index is 13.1. The molecule has 0 unspecified atom stereocenters. The summed E-state index contributed by atoms with van der Waals surface area (Å²) in [4.78, 5) is 9.37. The third-order valence-corrected chi connectivity index (χ3v) is 3.74. The monoisotopic (exact) mass is 295 g/mol. The van der Waals surface area contributed by atoms with E-state index in [4.69, 9.17) is 16.3 Å². The lowest BCUT2D eigenvalue weighted by Crippen LogP contribution is -2.38. The van der Waals surface area contributed by atoms with Crippen LogP contribution in [0.15, 0.2) is 30.7 Å². The number of imidazole rings is 1. The molecule has 6 heteroatoms. The van der Waals surface area contributed by atoms with E-state index in [-0.39, 0.29) is 11.9 Å². The summed E-state index contributed by atoms with van der Waals surface area (Å²) in [6, 6.07) is 4.44. The molecule has 0 aliphatic carbocycles. The van der Waals surface area contributed by atoms with Crippen LogP contribution in [0.3, 0.4) is 0 Å². The predicted molar refractivity (Wildman–Crippen MR) is 74.0 cm³/mol. The van der Waals surface area contributed by atoms with E-state index in [0.29, 0.717) is 11.6 Å². The van der Waals surface area contributed by atoms with Gasteiger partial charge in [0, 0.05) is 42.1 Å². The zero-order valence-corrected chi connectivity index (χ0v) is 11.6. The number of benzene rings is 1. The number of rotatable bonds is 3. The number of morpholine rings is 1. The molecule has 0 saturated carbocycles. The fourth-order valence-electron chi connectivity index (χ4n) is 2.41. The Hall–Kier alpha value is -1.43. The molecule has 1 aromatic heterocycles. The fraction of sp³-hybridized carbons (Fsp3) is 0.357. The number of ether oxygens (including phenoxy) is 1. The van der Waals surface area contributed by atoms with E-state index < -0.39 is 0 Å². The summed E-state index contributed by atoms with van der Waals surface area (Å²) in [5, 5.41) is 0.415. The molecular weight excluding hydrogens is 281 g/mol. The van der Waals surface area contributed by atoms with Gasteiger partial charge in [-0.15, -0.1) is 0 Å². The quantitative estimate of drug-likeness (QED) is 0.947. The highest BCUT2D eigenvalue weighted by Gasteiger charge is 2.24. The van der Waals surface area contributed by atoms with Crippen molar-refractivity contribution >= 4 is 11.6 Å². The van der Waals surface area contributed by atoms with Crippen LogP contribution in [-0.2, 0) is 11.3 Å². The molecule has 1 aliphatic rings. The molecule has 1 N–H and O–H groups in total. The molecule has 4 nitrogen and oxygen atoms in total. The average molecular weight is 296 g/mol. The Labute approximate surface area is 121 Å². The van der Waals surface area contributed by atoms with E-state index in [0.717, 1.165) is 30.9 Å². The van der Waals surface area contributed by atoms with Gasteiger partial charge in [0.2, 0.25) is 0 Å². The van der Waals surface area contributed by atoms with Gasteiger partial charge in [-0.25, -0.2) is 9.37 Å². The SMILES string of the molecule is Fc1ccc([C@@H]2CN(Cc3cnc[nH]3)CCO2)c(Cl)c1. The van der Waals surface area contributed by atoms with E-state index in [1.807, 2.05) is 6.20 Å². The minimum atomic E-state index is -0.330. The Balaban J connectivity index is 1.71. The smallest absolute Gasteiger partial charge is 0.124 e. The van der Waals surface area contributed by atoms with E-state index in [1.54, 1.807) is 12.4 Å². The Morgan fingerprint density at radius 2 is 2.40 bits per heavy atom. The Morgan fingerprint density at radius 3 is 3.15 bits per heavy atom. The Morgan fingerprint density at radius 1 is 1.50 bits per heavy atom. The lowest BCUT2D eigenvalue weighted by atomic mass is 10.1. The first-order valence-corrected chi connectivity index (χ1v) is 6.86. The molecule has 2 aromatic rings. The topological polar surface area (TPSA) is 41.2 Å². The van der Waals surface area contributed by atoms with Crippen LogP contribution >= 0.6 is 11.6 Å². The van der Waals surface area contributed by atoms with Gasteiger partial charge in [0.25, 0.3) is 0 Å². The first-order valence-electron chi connectivity index (χ1n) is 6.48. The largest absolute Gasteiger partial charge is 0.371 e. The van der Waals surface area contributed by atoms with Crippen LogP contribution in [0.2, 0.25) is 5.02 Å². The number of nitrogens with one attached hydrogen (secondary N) is 1. The number of hydrogen-bond acceptors (Lipinski definition) is 3. The molecule has 0 bridgehead atoms. The second-order valence-electron chi connectivity index (χ2n) is 4.84. The van der Waals surface area contributed by atoms with Crippen LogP contribution < -0.4 is 0 Å². The minimum absolute atomic E-state index is 0.125. The Kier molecular flexibility index (Phi) is 4.00. The van der Waals surface area contributed by atoms with Gasteiger partial charge in [0.05, 0.1) is 19.0 Å². The van der Waals surface area contributed by atoms with Crippen molar-refractivity contribution in [3.63, 3.8) is 0 Å². The van der Waals surface area contributed by atoms with Crippen molar-refractivity contribution in [1.82, 2.24) is 14.9 Å². The van der Waals surface area contributed by atoms with Crippen molar-refractivity contribution < 1.29 is 9.13 Å². The second-order valence-corrected chi connectivity index (χ2v) is 5.24. The first kappa shape index (κ1) is 13.5. The number of aromatic nitrogens is 2. The van der Waals surface area contributed by atoms with Crippen molar-refractivity contribution in [1.29, 1.82) is 0 Å². The van der Waals surface area contributed by atoms with Crippen molar-refractivity contribution in [3.8, 4) is 0 Å². The maximum absolute atomic E-state index is 13.1. The molecule has 20 heavy (non-hydrogen) atoms. The van der Waals surface area contributed by atoms with E-state index in [1.165, 1.54) is 12.1 Å². The number of aromatic amines is 1. The van der Waals surface area contributed by atoms with Gasteiger partial charge in [-0.1, -0.05) is 17.7 Å². The molecule has 1 aromatic carbocycles. The number of H-pyrrole nitrogens is 1. The molecule has 1 saturated heterocycles. The summed E-state index contributed by atoms with van der Waals surface area (Å²) in [5.74, 6) is -0.330. The zero-order chi connectivity index (χ0) is 13.9. The van der Waals surface area contributed by atoms with Crippen molar-refractivity contribution in [2.24, 2.45) is 0 Å². The fourth-order valence-corrected chi connectivity index (χ4v) is 2.70. The zero-order valence-electron chi connectivity index (χ0n) is 10.9. The average Bonchev–Trinajstić information content (AvgIpc) is 2.92. The lowest BCUT2D eigenvalue weighted by molar-refractivity contribution is -0.0332. The first-order chi connectivity index (χ1) is 9.72. The van der Waals surface area contributed by atoms with Gasteiger partial charge >= 0.3 is 0 Å². The molecule has 1 atom stereocenters. The second kappa shape index (κ2) is 5.91. The van der Waals surface area contributed by atoms with Crippen molar-refractivity contribution in [3.05, 3.63) is 52.8 Å². The van der Waals surface area contributed by atoms with Crippen LogP contribution in [0.5, 0.6) is 0 Å². The number of nitrogens with zero attached hydrogens (tertiary/aromatic N) is 2. The summed E-state index contributed by atoms with van der Waals surface area (Å²) in [6.45, 7) is 3.00. The molecular formula is C14H15ClFN3O. The third kappa shape index (κ3) is 3.00. The maximum Gasteiger partial charge on any atom is 0.124 e. The summed E-state index contributed by atoms with van der Waals surface area (Å²) in [5.41, 5.74) is 1.90. The Bertz CT molecular complexity index is 576. The third-order valence-electron chi connectivity index (χ3n) is 3.41. The minimum Gasteiger partial charge on any atom is -0.371 e. The highest BCUT2D eigenvalue weighted by Crippen LogP contribution is 2.29. The van der Waals surface area contributed by atoms with Gasteiger partial charge in [0.1, 0.15) is 5.82 Å². The summed E-state index contributed by atoms with van der Waals surface area (Å²) in [7, 11) is 0. The van der Waals surface area contributed by atoms with Gasteiger partial charge < -0.3 is 9.72 Å². The standard InChI is InChI=1S/C14H15ClFN3O/c15-13-5-10(16)1-2-12(13)14-8-19(3-4-20-14)7-11-6-17-9-18-11/h1-2,5-6,9,14H,3-4,7-8H2,(H,17,18)/t14-/m0/s1. The van der Waals surface area contributed by atoms with Crippen LogP contribution in [0, 0.1) is 5.82 Å². The van der Waals surface area contributed by atoms with Gasteiger partial charge in [-0.3, -0.25) is 4.90 Å². The van der Waals surface area contributed by atoms with Gasteiger partial charge in [-0.05, 0) is 12.1 Å². The molecule has 0 amide bonds. The number of hydrogen-bond donors (Lipinski definition) is 1. The van der Waals surface area contributed by atoms with Crippen LogP contribution in [0.4, 0.5) is 4.39 Å². The van der Waals surface area contributed by atoms with Crippen molar-refractivity contribution in [2.45, 2.75) is 12.6 Å². The molecule has 1 aliphatic heterocycles. The van der Waals surface area contributed by atoms with E-state index in [9.17, 15) is 4.39 Å². The van der Waals surface area contributed by atoms with E-state index in [2.05, 4.69) is 14.9 Å². The lowest BCUT2D eigenvalue weighted by Gasteiger charge is -2.33. The van der Waals surface area contributed by atoms with Crippen molar-refractivity contribution in [2.75, 3.05) is 19.7 Å². The highest BCUT2D eigenvalue weighted by atomic mass is 35.5. The van der Waals surface area contributed by atoms with Crippen LogP contribution in [-0.4, -0.2) is 34.6 Å². The molecule has 106 valence electrons. The van der Waals surface area contributed by atoms with Gasteiger partial charge in [0.15, 0.2) is 0 Å². The predicted octanol–water partition coefficient (Wildman–Crippen LogP) is 2.78. The van der Waals surface area contributed by atoms with E-state index >= 15 is 0 Å². The van der Waals surface area contributed by atoms with Crippen LogP contribution in [0.1, 0.15) is 17.4 Å². The summed E-state index contributed by atoms with van der Waals surface area (Å²) >= 11 is 6.10. The summed E-state index contributed by atoms with van der Waals surface area (Å²) in [6.07, 6.45) is 3.36. The molecule has 3 rings (SSSR count). The summed E-state index contributed by atoms with van der Waals surface area (Å²) < 4.78 is 18.9. The normalized spacial score (nSPS) is 20.2. The van der Waals surface area contributed by atoms with Crippen LogP contribution in [0.25, 0.3) is 0 Å². The molecule has 0 spiro atoms. The highest BCUT2D eigenvalue weighted by molar-refractivity contribution is 6.31.